The van der Waals surface area contributed by atoms with Gasteiger partial charge in [0, 0.05) is 32.4 Å². The summed E-state index contributed by atoms with van der Waals surface area (Å²) in [6.45, 7) is 0. The normalized spacial score (nSPS) is 14.8. The van der Waals surface area contributed by atoms with E-state index in [0.717, 1.165) is 16.7 Å². The molecule has 5 nitrogen and oxygen atoms in total. The highest BCUT2D eigenvalue weighted by Crippen LogP contribution is 2.43. The quantitative estimate of drug-likeness (QED) is 0.937. The van der Waals surface area contributed by atoms with Gasteiger partial charge in [-0.15, -0.1) is 0 Å². The van der Waals surface area contributed by atoms with Crippen LogP contribution in [0.5, 0.6) is 0 Å². The van der Waals surface area contributed by atoms with Crippen LogP contribution in [-0.2, 0) is 12.6 Å². The lowest BCUT2D eigenvalue weighted by Crippen LogP contribution is -2.45. The number of anilines is 1. The first-order valence-electron chi connectivity index (χ1n) is 6.09. The molecule has 8 heteroatoms. The molecule has 0 saturated heterocycles. The van der Waals surface area contributed by atoms with E-state index in [2.05, 4.69) is 10.1 Å². The first-order valence-corrected chi connectivity index (χ1v) is 6.09. The Morgan fingerprint density at radius 2 is 1.71 bits per heavy atom. The van der Waals surface area contributed by atoms with Crippen LogP contribution in [0.15, 0.2) is 30.6 Å². The summed E-state index contributed by atoms with van der Waals surface area (Å²) in [7, 11) is 4.84. The van der Waals surface area contributed by atoms with E-state index >= 15 is 0 Å². The number of halogens is 3. The summed E-state index contributed by atoms with van der Waals surface area (Å²) < 4.78 is 41.3. The fraction of sp³-hybridized carbons (Fsp3) is 0.385. The molecule has 0 radical (unpaired) electrons. The maximum atomic E-state index is 13.5. The Labute approximate surface area is 119 Å². The van der Waals surface area contributed by atoms with Gasteiger partial charge in [-0.05, 0) is 12.1 Å². The van der Waals surface area contributed by atoms with Crippen molar-refractivity contribution < 1.29 is 18.3 Å². The minimum Gasteiger partial charge on any atom is -0.378 e. The van der Waals surface area contributed by atoms with Crippen LogP contribution in [0.4, 0.5) is 18.9 Å². The predicted octanol–water partition coefficient (Wildman–Crippen LogP) is 1.68. The maximum absolute atomic E-state index is 13.5. The average molecular weight is 300 g/mol. The van der Waals surface area contributed by atoms with Gasteiger partial charge in [-0.2, -0.15) is 18.3 Å². The molecular formula is C13H15F3N4O. The Hall–Kier alpha value is -2.09. The van der Waals surface area contributed by atoms with E-state index in [0.29, 0.717) is 0 Å². The number of aromatic nitrogens is 3. The van der Waals surface area contributed by atoms with Crippen LogP contribution < -0.4 is 4.90 Å². The predicted molar refractivity (Wildman–Crippen MR) is 70.8 cm³/mol. The number of alkyl halides is 3. The van der Waals surface area contributed by atoms with E-state index in [4.69, 9.17) is 0 Å². The fourth-order valence-electron chi connectivity index (χ4n) is 2.04. The molecule has 114 valence electrons. The lowest BCUT2D eigenvalue weighted by atomic mass is 9.91. The summed E-state index contributed by atoms with van der Waals surface area (Å²) in [5.41, 5.74) is -2.79. The first-order chi connectivity index (χ1) is 9.68. The average Bonchev–Trinajstić information content (AvgIpc) is 2.83. The lowest BCUT2D eigenvalue weighted by Gasteiger charge is -2.30. The van der Waals surface area contributed by atoms with Gasteiger partial charge >= 0.3 is 6.18 Å². The molecule has 1 atom stereocenters. The van der Waals surface area contributed by atoms with Gasteiger partial charge in [-0.1, -0.05) is 12.1 Å². The Bertz CT molecular complexity index is 621. The van der Waals surface area contributed by atoms with Gasteiger partial charge in [-0.25, -0.2) is 9.67 Å². The molecule has 0 spiro atoms. The van der Waals surface area contributed by atoms with Gasteiger partial charge < -0.3 is 10.0 Å². The van der Waals surface area contributed by atoms with Crippen molar-refractivity contribution in [1.29, 1.82) is 0 Å². The highest BCUT2D eigenvalue weighted by atomic mass is 19.4. The molecule has 1 aromatic carbocycles. The van der Waals surface area contributed by atoms with Gasteiger partial charge in [0.05, 0.1) is 0 Å². The van der Waals surface area contributed by atoms with Crippen molar-refractivity contribution in [1.82, 2.24) is 14.8 Å². The summed E-state index contributed by atoms with van der Waals surface area (Å²) in [5.74, 6) is -0.576. The summed E-state index contributed by atoms with van der Waals surface area (Å²) in [6.07, 6.45) is -3.95. The number of benzene rings is 1. The lowest BCUT2D eigenvalue weighted by molar-refractivity contribution is -0.252. The van der Waals surface area contributed by atoms with Crippen molar-refractivity contribution in [3.05, 3.63) is 42.0 Å². The zero-order valence-corrected chi connectivity index (χ0v) is 11.8. The van der Waals surface area contributed by atoms with Gasteiger partial charge in [0.25, 0.3) is 0 Å². The van der Waals surface area contributed by atoms with Gasteiger partial charge in [-0.3, -0.25) is 0 Å². The molecule has 0 aliphatic rings. The summed E-state index contributed by atoms with van der Waals surface area (Å²) in [4.78, 5) is 5.31. The van der Waals surface area contributed by atoms with E-state index in [1.54, 1.807) is 19.0 Å². The number of nitrogens with zero attached hydrogens (tertiary/aromatic N) is 4. The molecule has 1 N–H and O–H groups in total. The zero-order chi connectivity index (χ0) is 15.8. The van der Waals surface area contributed by atoms with E-state index in [-0.39, 0.29) is 5.56 Å². The van der Waals surface area contributed by atoms with Crippen molar-refractivity contribution in [3.8, 4) is 0 Å². The van der Waals surface area contributed by atoms with Crippen molar-refractivity contribution >= 4 is 5.69 Å². The van der Waals surface area contributed by atoms with Crippen LogP contribution >= 0.6 is 0 Å². The van der Waals surface area contributed by atoms with Gasteiger partial charge in [0.15, 0.2) is 5.82 Å². The molecule has 1 heterocycles. The first kappa shape index (κ1) is 15.3. The summed E-state index contributed by atoms with van der Waals surface area (Å²) in [5, 5.41) is 13.9. The topological polar surface area (TPSA) is 54.2 Å². The molecule has 0 amide bonds. The highest BCUT2D eigenvalue weighted by molar-refractivity contribution is 5.48. The zero-order valence-electron chi connectivity index (χ0n) is 11.8. The van der Waals surface area contributed by atoms with E-state index in [1.165, 1.54) is 31.3 Å². The van der Waals surface area contributed by atoms with Crippen LogP contribution in [0.25, 0.3) is 0 Å². The third kappa shape index (κ3) is 2.46. The molecule has 0 aliphatic carbocycles. The summed E-state index contributed by atoms with van der Waals surface area (Å²) in [6, 6.07) is 5.47. The Balaban J connectivity index is 2.59. The molecule has 0 fully saturated rings. The van der Waals surface area contributed by atoms with Crippen LogP contribution in [0.2, 0.25) is 0 Å². The number of hydrogen-bond donors (Lipinski definition) is 1. The third-order valence-electron chi connectivity index (χ3n) is 3.25. The second kappa shape index (κ2) is 5.03. The SMILES string of the molecule is CN(C)c1ccc(C(O)(c2ncnn2C)C(F)(F)F)cc1. The second-order valence-electron chi connectivity index (χ2n) is 4.86. The van der Waals surface area contributed by atoms with E-state index in [9.17, 15) is 18.3 Å². The second-order valence-corrected chi connectivity index (χ2v) is 4.86. The molecule has 0 saturated carbocycles. The Morgan fingerprint density at radius 3 is 2.10 bits per heavy atom. The van der Waals surface area contributed by atoms with Crippen molar-refractivity contribution in [3.63, 3.8) is 0 Å². The summed E-state index contributed by atoms with van der Waals surface area (Å²) >= 11 is 0. The molecule has 0 aliphatic heterocycles. The molecule has 2 rings (SSSR count). The van der Waals surface area contributed by atoms with Crippen molar-refractivity contribution in [2.45, 2.75) is 11.8 Å². The van der Waals surface area contributed by atoms with Gasteiger partial charge in [0.1, 0.15) is 6.33 Å². The monoisotopic (exact) mass is 300 g/mol. The molecule has 1 unspecified atom stereocenters. The highest BCUT2D eigenvalue weighted by Gasteiger charge is 2.59. The maximum Gasteiger partial charge on any atom is 0.428 e. The van der Waals surface area contributed by atoms with Crippen LogP contribution in [0.1, 0.15) is 11.4 Å². The van der Waals surface area contributed by atoms with Crippen molar-refractivity contribution in [2.24, 2.45) is 7.05 Å². The number of aryl methyl sites for hydroxylation is 1. The third-order valence-corrected chi connectivity index (χ3v) is 3.25. The smallest absolute Gasteiger partial charge is 0.378 e. The van der Waals surface area contributed by atoms with Gasteiger partial charge in [0.2, 0.25) is 5.60 Å². The van der Waals surface area contributed by atoms with E-state index < -0.39 is 17.6 Å². The minimum atomic E-state index is -4.92. The molecule has 1 aromatic heterocycles. The fourth-order valence-corrected chi connectivity index (χ4v) is 2.04. The standard InChI is InChI=1S/C13H15F3N4O/c1-19(2)10-6-4-9(5-7-10)12(21,13(14,15)16)11-17-8-18-20(11)3/h4-8,21H,1-3H3. The number of hydrogen-bond acceptors (Lipinski definition) is 4. The Kier molecular flexibility index (Phi) is 3.66. The number of aliphatic hydroxyl groups is 1. The molecular weight excluding hydrogens is 285 g/mol. The van der Waals surface area contributed by atoms with Crippen LogP contribution in [0, 0.1) is 0 Å². The van der Waals surface area contributed by atoms with Crippen molar-refractivity contribution in [2.75, 3.05) is 19.0 Å². The molecule has 2 aromatic rings. The minimum absolute atomic E-state index is 0.309. The molecule has 0 bridgehead atoms. The molecule has 21 heavy (non-hydrogen) atoms. The largest absolute Gasteiger partial charge is 0.428 e. The van der Waals surface area contributed by atoms with E-state index in [1.807, 2.05) is 0 Å². The Morgan fingerprint density at radius 1 is 1.14 bits per heavy atom. The van der Waals surface area contributed by atoms with Crippen LogP contribution in [0.3, 0.4) is 0 Å². The number of rotatable bonds is 3. The van der Waals surface area contributed by atoms with Crippen LogP contribution in [-0.4, -0.2) is 40.1 Å².